The molecule has 98 valence electrons. The molecule has 0 aliphatic carbocycles. The second kappa shape index (κ2) is 5.54. The first-order chi connectivity index (χ1) is 8.59. The van der Waals surface area contributed by atoms with Gasteiger partial charge >= 0.3 is 0 Å². The number of hydrogen-bond acceptors (Lipinski definition) is 4. The second-order valence-corrected chi connectivity index (χ2v) is 6.15. The van der Waals surface area contributed by atoms with Gasteiger partial charge in [0.05, 0.1) is 12.4 Å². The van der Waals surface area contributed by atoms with E-state index in [4.69, 9.17) is 4.74 Å². The van der Waals surface area contributed by atoms with Crippen LogP contribution in [-0.2, 0) is 16.4 Å². The van der Waals surface area contributed by atoms with Crippen LogP contribution >= 0.6 is 0 Å². The average molecular weight is 267 g/mol. The van der Waals surface area contributed by atoms with E-state index in [9.17, 15) is 8.42 Å². The Labute approximate surface area is 108 Å². The highest BCUT2D eigenvalue weighted by Gasteiger charge is 2.20. The molecule has 2 rings (SSSR count). The first kappa shape index (κ1) is 13.1. The lowest BCUT2D eigenvalue weighted by atomic mass is 10.2. The largest absolute Gasteiger partial charge is 0.494 e. The quantitative estimate of drug-likeness (QED) is 0.878. The average Bonchev–Trinajstić information content (AvgIpc) is 2.69. The van der Waals surface area contributed by atoms with Gasteiger partial charge in [-0.25, -0.2) is 8.42 Å². The molecule has 0 fully saturated rings. The van der Waals surface area contributed by atoms with Crippen LogP contribution in [0.3, 0.4) is 0 Å². The lowest BCUT2D eigenvalue weighted by Gasteiger charge is -2.10. The molecule has 1 aliphatic heterocycles. The van der Waals surface area contributed by atoms with Gasteiger partial charge in [-0.2, -0.15) is 0 Å². The van der Waals surface area contributed by atoms with Crippen molar-refractivity contribution >= 4 is 9.84 Å². The topological polar surface area (TPSA) is 55.4 Å². The molecular formula is C13H17NO3S. The molecule has 0 amide bonds. The Morgan fingerprint density at radius 2 is 2.06 bits per heavy atom. The summed E-state index contributed by atoms with van der Waals surface area (Å²) in [6, 6.07) is 7.71. The SMILES string of the molecule is CCOc1ccc(CNC2C=CS(=O)(=O)C2)cc1. The van der Waals surface area contributed by atoms with E-state index in [2.05, 4.69) is 5.32 Å². The predicted octanol–water partition coefficient (Wildman–Crippen LogP) is 1.49. The van der Waals surface area contributed by atoms with Crippen molar-refractivity contribution in [1.29, 1.82) is 0 Å². The third-order valence-corrected chi connectivity index (χ3v) is 4.13. The molecule has 0 spiro atoms. The molecule has 1 heterocycles. The number of sulfone groups is 1. The lowest BCUT2D eigenvalue weighted by molar-refractivity contribution is 0.340. The summed E-state index contributed by atoms with van der Waals surface area (Å²) < 4.78 is 27.8. The lowest BCUT2D eigenvalue weighted by Crippen LogP contribution is -2.29. The van der Waals surface area contributed by atoms with Gasteiger partial charge in [-0.1, -0.05) is 18.2 Å². The summed E-state index contributed by atoms with van der Waals surface area (Å²) in [7, 11) is -2.98. The van der Waals surface area contributed by atoms with Gasteiger partial charge in [-0.05, 0) is 24.6 Å². The van der Waals surface area contributed by atoms with Crippen molar-refractivity contribution in [3.8, 4) is 5.75 Å². The van der Waals surface area contributed by atoms with Crippen molar-refractivity contribution in [1.82, 2.24) is 5.32 Å². The summed E-state index contributed by atoms with van der Waals surface area (Å²) in [4.78, 5) is 0. The molecule has 0 radical (unpaired) electrons. The van der Waals surface area contributed by atoms with E-state index in [1.807, 2.05) is 31.2 Å². The van der Waals surface area contributed by atoms with Crippen LogP contribution in [0.25, 0.3) is 0 Å². The van der Waals surface area contributed by atoms with E-state index < -0.39 is 9.84 Å². The summed E-state index contributed by atoms with van der Waals surface area (Å²) in [5.74, 6) is 1.01. The molecule has 1 aromatic rings. The molecule has 1 unspecified atom stereocenters. The van der Waals surface area contributed by atoms with Crippen molar-refractivity contribution < 1.29 is 13.2 Å². The number of hydrogen-bond donors (Lipinski definition) is 1. The minimum Gasteiger partial charge on any atom is -0.494 e. The molecule has 1 atom stereocenters. The molecule has 0 aromatic heterocycles. The maximum Gasteiger partial charge on any atom is 0.173 e. The zero-order valence-corrected chi connectivity index (χ0v) is 11.1. The first-order valence-electron chi connectivity index (χ1n) is 5.95. The molecule has 1 N–H and O–H groups in total. The third-order valence-electron chi connectivity index (χ3n) is 2.73. The maximum absolute atomic E-state index is 11.2. The second-order valence-electron chi connectivity index (χ2n) is 4.22. The minimum absolute atomic E-state index is 0.0819. The van der Waals surface area contributed by atoms with Crippen LogP contribution in [0.1, 0.15) is 12.5 Å². The first-order valence-corrected chi connectivity index (χ1v) is 7.67. The fourth-order valence-corrected chi connectivity index (χ4v) is 3.09. The van der Waals surface area contributed by atoms with Crippen LogP contribution in [0.2, 0.25) is 0 Å². The van der Waals surface area contributed by atoms with Crippen molar-refractivity contribution in [2.75, 3.05) is 12.4 Å². The number of benzene rings is 1. The zero-order chi connectivity index (χ0) is 13.0. The van der Waals surface area contributed by atoms with Crippen molar-refractivity contribution in [2.45, 2.75) is 19.5 Å². The van der Waals surface area contributed by atoms with Gasteiger partial charge in [0, 0.05) is 18.0 Å². The van der Waals surface area contributed by atoms with Crippen LogP contribution < -0.4 is 10.1 Å². The molecule has 1 aliphatic rings. The van der Waals surface area contributed by atoms with Gasteiger partial charge in [0.15, 0.2) is 9.84 Å². The standard InChI is InChI=1S/C13H17NO3S/c1-2-17-13-5-3-11(4-6-13)9-14-12-7-8-18(15,16)10-12/h3-8,12,14H,2,9-10H2,1H3. The van der Waals surface area contributed by atoms with Gasteiger partial charge in [0.2, 0.25) is 0 Å². The zero-order valence-electron chi connectivity index (χ0n) is 10.3. The van der Waals surface area contributed by atoms with Gasteiger partial charge in [-0.15, -0.1) is 0 Å². The van der Waals surface area contributed by atoms with E-state index in [0.29, 0.717) is 13.2 Å². The van der Waals surface area contributed by atoms with Crippen molar-refractivity contribution in [3.63, 3.8) is 0 Å². The van der Waals surface area contributed by atoms with Crippen LogP contribution in [0.5, 0.6) is 5.75 Å². The fourth-order valence-electron chi connectivity index (χ4n) is 1.82. The highest BCUT2D eigenvalue weighted by atomic mass is 32.2. The van der Waals surface area contributed by atoms with Crippen molar-refractivity contribution in [3.05, 3.63) is 41.3 Å². The van der Waals surface area contributed by atoms with E-state index in [0.717, 1.165) is 11.3 Å². The fraction of sp³-hybridized carbons (Fsp3) is 0.385. The smallest absolute Gasteiger partial charge is 0.173 e. The van der Waals surface area contributed by atoms with Gasteiger partial charge in [0.25, 0.3) is 0 Å². The van der Waals surface area contributed by atoms with Gasteiger partial charge in [0.1, 0.15) is 5.75 Å². The predicted molar refractivity (Wildman–Crippen MR) is 71.2 cm³/mol. The van der Waals surface area contributed by atoms with Crippen LogP contribution in [0.4, 0.5) is 0 Å². The third kappa shape index (κ3) is 3.58. The van der Waals surface area contributed by atoms with Crippen LogP contribution in [0, 0.1) is 0 Å². The summed E-state index contributed by atoms with van der Waals surface area (Å²) in [6.45, 7) is 3.25. The molecule has 0 bridgehead atoms. The summed E-state index contributed by atoms with van der Waals surface area (Å²) >= 11 is 0. The number of rotatable bonds is 5. The van der Waals surface area contributed by atoms with E-state index in [-0.39, 0.29) is 11.8 Å². The normalized spacial score (nSPS) is 21.1. The molecule has 5 heteroatoms. The number of ether oxygens (including phenoxy) is 1. The Balaban J connectivity index is 1.86. The van der Waals surface area contributed by atoms with Crippen molar-refractivity contribution in [2.24, 2.45) is 0 Å². The highest BCUT2D eigenvalue weighted by molar-refractivity contribution is 7.94. The molecule has 4 nitrogen and oxygen atoms in total. The molecule has 1 aromatic carbocycles. The van der Waals surface area contributed by atoms with Crippen LogP contribution in [-0.4, -0.2) is 26.8 Å². The minimum atomic E-state index is -2.98. The summed E-state index contributed by atoms with van der Waals surface area (Å²) in [6.07, 6.45) is 1.70. The molecule has 0 saturated carbocycles. The Hall–Kier alpha value is -1.33. The van der Waals surface area contributed by atoms with E-state index >= 15 is 0 Å². The van der Waals surface area contributed by atoms with Crippen LogP contribution in [0.15, 0.2) is 35.7 Å². The highest BCUT2D eigenvalue weighted by Crippen LogP contribution is 2.13. The van der Waals surface area contributed by atoms with E-state index in [1.165, 1.54) is 5.41 Å². The monoisotopic (exact) mass is 267 g/mol. The molecular weight excluding hydrogens is 250 g/mol. The number of nitrogens with one attached hydrogen (secondary N) is 1. The Bertz CT molecular complexity index is 520. The van der Waals surface area contributed by atoms with E-state index in [1.54, 1.807) is 6.08 Å². The molecule has 0 saturated heterocycles. The van der Waals surface area contributed by atoms with Gasteiger partial charge in [-0.3, -0.25) is 0 Å². The Morgan fingerprint density at radius 3 is 2.61 bits per heavy atom. The molecule has 18 heavy (non-hydrogen) atoms. The summed E-state index contributed by atoms with van der Waals surface area (Å²) in [5.41, 5.74) is 1.11. The Morgan fingerprint density at radius 1 is 1.33 bits per heavy atom. The Kier molecular flexibility index (Phi) is 4.04. The maximum atomic E-state index is 11.2. The van der Waals surface area contributed by atoms with Gasteiger partial charge < -0.3 is 10.1 Å². The summed E-state index contributed by atoms with van der Waals surface area (Å²) in [5, 5.41) is 4.48.